The molecule has 2 rings (SSSR count). The highest BCUT2D eigenvalue weighted by Crippen LogP contribution is 2.16. The number of nitrogen functional groups attached to an aromatic ring is 1. The highest BCUT2D eigenvalue weighted by atomic mass is 16.2. The molecule has 5 heteroatoms. The van der Waals surface area contributed by atoms with Gasteiger partial charge >= 0.3 is 0 Å². The van der Waals surface area contributed by atoms with Crippen molar-refractivity contribution in [2.45, 2.75) is 6.92 Å². The Balaban J connectivity index is 2.33. The number of anilines is 1. The van der Waals surface area contributed by atoms with Gasteiger partial charge in [0, 0.05) is 19.7 Å². The van der Waals surface area contributed by atoms with E-state index in [1.54, 1.807) is 42.0 Å². The average molecular weight is 244 g/mol. The molecule has 0 saturated carbocycles. The lowest BCUT2D eigenvalue weighted by atomic mass is 10.2. The van der Waals surface area contributed by atoms with Crippen LogP contribution in [0.2, 0.25) is 0 Å². The molecule has 2 N–H and O–H groups in total. The Hall–Kier alpha value is -2.30. The summed E-state index contributed by atoms with van der Waals surface area (Å²) < 4.78 is 1.75. The third-order valence-electron chi connectivity index (χ3n) is 2.81. The van der Waals surface area contributed by atoms with E-state index < -0.39 is 0 Å². The number of carbonyl (C=O) groups excluding carboxylic acids is 1. The van der Waals surface area contributed by atoms with Crippen LogP contribution in [0.25, 0.3) is 5.69 Å². The highest BCUT2D eigenvalue weighted by Gasteiger charge is 2.09. The zero-order valence-corrected chi connectivity index (χ0v) is 10.7. The van der Waals surface area contributed by atoms with Crippen LogP contribution < -0.4 is 5.73 Å². The minimum Gasteiger partial charge on any atom is -0.396 e. The van der Waals surface area contributed by atoms with E-state index in [-0.39, 0.29) is 5.91 Å². The van der Waals surface area contributed by atoms with Gasteiger partial charge in [0.05, 0.1) is 23.3 Å². The maximum absolute atomic E-state index is 11.7. The second-order valence-corrected chi connectivity index (χ2v) is 4.34. The number of aromatic nitrogens is 2. The zero-order chi connectivity index (χ0) is 13.3. The molecule has 0 saturated heterocycles. The van der Waals surface area contributed by atoms with Gasteiger partial charge in [0.15, 0.2) is 0 Å². The molecule has 1 aromatic heterocycles. The Kier molecular flexibility index (Phi) is 3.06. The van der Waals surface area contributed by atoms with Gasteiger partial charge in [-0.15, -0.1) is 0 Å². The van der Waals surface area contributed by atoms with Gasteiger partial charge in [0.25, 0.3) is 5.91 Å². The predicted octanol–water partition coefficient (Wildman–Crippen LogP) is 1.46. The minimum absolute atomic E-state index is 0.0155. The minimum atomic E-state index is -0.0155. The Bertz CT molecular complexity index is 569. The van der Waals surface area contributed by atoms with Gasteiger partial charge in [0.2, 0.25) is 0 Å². The lowest BCUT2D eigenvalue weighted by molar-refractivity contribution is 0.0827. The third-order valence-corrected chi connectivity index (χ3v) is 2.81. The van der Waals surface area contributed by atoms with Crippen molar-refractivity contribution in [1.82, 2.24) is 14.7 Å². The molecule has 0 atom stereocenters. The molecule has 1 amide bonds. The number of hydrogen-bond donors (Lipinski definition) is 1. The summed E-state index contributed by atoms with van der Waals surface area (Å²) in [6.07, 6.45) is 1.62. The quantitative estimate of drug-likeness (QED) is 0.870. The largest absolute Gasteiger partial charge is 0.396 e. The first kappa shape index (κ1) is 12.2. The third kappa shape index (κ3) is 2.07. The van der Waals surface area contributed by atoms with Crippen LogP contribution >= 0.6 is 0 Å². The molecule has 0 unspecified atom stereocenters. The van der Waals surface area contributed by atoms with Crippen molar-refractivity contribution >= 4 is 11.6 Å². The topological polar surface area (TPSA) is 64.1 Å². The van der Waals surface area contributed by atoms with Gasteiger partial charge in [-0.2, -0.15) is 5.10 Å². The first-order valence-electron chi connectivity index (χ1n) is 5.63. The van der Waals surface area contributed by atoms with Crippen LogP contribution in [-0.4, -0.2) is 34.7 Å². The summed E-state index contributed by atoms with van der Waals surface area (Å²) in [4.78, 5) is 13.3. The van der Waals surface area contributed by atoms with E-state index in [0.29, 0.717) is 11.3 Å². The molecular weight excluding hydrogens is 228 g/mol. The van der Waals surface area contributed by atoms with Crippen LogP contribution in [0.1, 0.15) is 16.1 Å². The smallest absolute Gasteiger partial charge is 0.253 e. The van der Waals surface area contributed by atoms with Crippen LogP contribution in [0, 0.1) is 6.92 Å². The van der Waals surface area contributed by atoms with Crippen LogP contribution in [0.15, 0.2) is 30.5 Å². The van der Waals surface area contributed by atoms with Crippen LogP contribution in [0.5, 0.6) is 0 Å². The van der Waals surface area contributed by atoms with Crippen LogP contribution in [-0.2, 0) is 0 Å². The molecule has 0 spiro atoms. The normalized spacial score (nSPS) is 10.4. The van der Waals surface area contributed by atoms with Crippen molar-refractivity contribution in [3.63, 3.8) is 0 Å². The molecular formula is C13H16N4O. The first-order valence-corrected chi connectivity index (χ1v) is 5.63. The van der Waals surface area contributed by atoms with Crippen molar-refractivity contribution in [3.8, 4) is 5.69 Å². The van der Waals surface area contributed by atoms with Crippen LogP contribution in [0.3, 0.4) is 0 Å². The molecule has 5 nitrogen and oxygen atoms in total. The van der Waals surface area contributed by atoms with E-state index in [1.165, 1.54) is 0 Å². The molecule has 2 aromatic rings. The van der Waals surface area contributed by atoms with Gasteiger partial charge in [-0.1, -0.05) is 0 Å². The molecule has 0 aliphatic heterocycles. The van der Waals surface area contributed by atoms with Crippen molar-refractivity contribution in [2.24, 2.45) is 0 Å². The number of benzene rings is 1. The average Bonchev–Trinajstić information content (AvgIpc) is 2.69. The van der Waals surface area contributed by atoms with E-state index >= 15 is 0 Å². The second-order valence-electron chi connectivity index (χ2n) is 4.34. The van der Waals surface area contributed by atoms with Gasteiger partial charge in [0.1, 0.15) is 0 Å². The molecule has 0 radical (unpaired) electrons. The van der Waals surface area contributed by atoms with E-state index in [9.17, 15) is 4.79 Å². The van der Waals surface area contributed by atoms with Gasteiger partial charge in [-0.05, 0) is 31.2 Å². The van der Waals surface area contributed by atoms with Crippen molar-refractivity contribution in [2.75, 3.05) is 19.8 Å². The summed E-state index contributed by atoms with van der Waals surface area (Å²) in [7, 11) is 3.46. The summed E-state index contributed by atoms with van der Waals surface area (Å²) in [6, 6.07) is 7.29. The van der Waals surface area contributed by atoms with E-state index in [1.807, 2.05) is 19.1 Å². The zero-order valence-electron chi connectivity index (χ0n) is 10.7. The molecule has 0 aliphatic rings. The number of nitrogens with zero attached hydrogens (tertiary/aromatic N) is 3. The summed E-state index contributed by atoms with van der Waals surface area (Å²) in [5, 5.41) is 4.19. The van der Waals surface area contributed by atoms with E-state index in [4.69, 9.17) is 5.73 Å². The van der Waals surface area contributed by atoms with Crippen molar-refractivity contribution < 1.29 is 4.79 Å². The number of nitrogens with two attached hydrogens (primary N) is 1. The number of carbonyl (C=O) groups is 1. The fourth-order valence-electron chi connectivity index (χ4n) is 1.69. The summed E-state index contributed by atoms with van der Waals surface area (Å²) in [5.74, 6) is -0.0155. The van der Waals surface area contributed by atoms with Gasteiger partial charge in [-0.25, -0.2) is 4.68 Å². The number of rotatable bonds is 2. The predicted molar refractivity (Wildman–Crippen MR) is 70.7 cm³/mol. The molecule has 0 aliphatic carbocycles. The maximum Gasteiger partial charge on any atom is 0.253 e. The Morgan fingerprint density at radius 2 is 1.89 bits per heavy atom. The molecule has 1 heterocycles. The summed E-state index contributed by atoms with van der Waals surface area (Å²) in [5.41, 5.74) is 8.84. The Morgan fingerprint density at radius 3 is 2.33 bits per heavy atom. The fraction of sp³-hybridized carbons (Fsp3) is 0.231. The van der Waals surface area contributed by atoms with E-state index in [0.717, 1.165) is 11.4 Å². The summed E-state index contributed by atoms with van der Waals surface area (Å²) in [6.45, 7) is 1.90. The van der Waals surface area contributed by atoms with Gasteiger partial charge in [-0.3, -0.25) is 4.79 Å². The van der Waals surface area contributed by atoms with E-state index in [2.05, 4.69) is 5.10 Å². The standard InChI is InChI=1S/C13H16N4O/c1-9-12(14)8-15-17(9)11-6-4-10(5-7-11)13(18)16(2)3/h4-8H,14H2,1-3H3. The molecule has 94 valence electrons. The fourth-order valence-corrected chi connectivity index (χ4v) is 1.69. The van der Waals surface area contributed by atoms with Gasteiger partial charge < -0.3 is 10.6 Å². The van der Waals surface area contributed by atoms with Crippen LogP contribution in [0.4, 0.5) is 5.69 Å². The highest BCUT2D eigenvalue weighted by molar-refractivity contribution is 5.94. The first-order chi connectivity index (χ1) is 8.50. The molecule has 18 heavy (non-hydrogen) atoms. The molecule has 0 fully saturated rings. The van der Waals surface area contributed by atoms with Crippen molar-refractivity contribution in [1.29, 1.82) is 0 Å². The second kappa shape index (κ2) is 4.52. The SMILES string of the molecule is Cc1c(N)cnn1-c1ccc(C(=O)N(C)C)cc1. The maximum atomic E-state index is 11.7. The summed E-state index contributed by atoms with van der Waals surface area (Å²) >= 11 is 0. The number of amides is 1. The lowest BCUT2D eigenvalue weighted by Gasteiger charge is -2.11. The van der Waals surface area contributed by atoms with Crippen molar-refractivity contribution in [3.05, 3.63) is 41.7 Å². The lowest BCUT2D eigenvalue weighted by Crippen LogP contribution is -2.21. The molecule has 0 bridgehead atoms. The molecule has 1 aromatic carbocycles. The Labute approximate surface area is 106 Å². The number of hydrogen-bond acceptors (Lipinski definition) is 3. The monoisotopic (exact) mass is 244 g/mol. The Morgan fingerprint density at radius 1 is 1.28 bits per heavy atom.